The second-order valence-corrected chi connectivity index (χ2v) is 9.27. The van der Waals surface area contributed by atoms with E-state index in [-0.39, 0.29) is 11.8 Å². The summed E-state index contributed by atoms with van der Waals surface area (Å²) < 4.78 is 16.6. The molecule has 32 heavy (non-hydrogen) atoms. The molecule has 12 nitrogen and oxygen atoms in total. The number of hydrogen-bond donors (Lipinski definition) is 7. The molecule has 12 heteroatoms. The topological polar surface area (TPSA) is 190 Å². The fourth-order valence-corrected chi connectivity index (χ4v) is 4.71. The van der Waals surface area contributed by atoms with Gasteiger partial charge in [-0.05, 0) is 18.3 Å². The Bertz CT molecular complexity index is 633. The van der Waals surface area contributed by atoms with Crippen molar-refractivity contribution in [1.29, 1.82) is 0 Å². The molecule has 186 valence electrons. The fraction of sp³-hybridized carbons (Fsp3) is 0.950. The van der Waals surface area contributed by atoms with E-state index in [1.165, 1.54) is 4.90 Å². The highest BCUT2D eigenvalue weighted by molar-refractivity contribution is 5.79. The van der Waals surface area contributed by atoms with Crippen molar-refractivity contribution < 1.29 is 54.8 Å². The molecule has 0 spiro atoms. The first-order valence-corrected chi connectivity index (χ1v) is 11.0. The molecule has 0 aromatic heterocycles. The van der Waals surface area contributed by atoms with E-state index in [1.54, 1.807) is 0 Å². The monoisotopic (exact) mass is 465 g/mol. The van der Waals surface area contributed by atoms with Crippen LogP contribution in [-0.4, -0.2) is 128 Å². The average Bonchev–Trinajstić information content (AvgIpc) is 3.10. The molecule has 0 bridgehead atoms. The number of carbonyl (C=O) groups excluding carboxylic acids is 1. The molecule has 7 N–H and O–H groups in total. The van der Waals surface area contributed by atoms with E-state index in [0.29, 0.717) is 18.9 Å². The summed E-state index contributed by atoms with van der Waals surface area (Å²) in [6.45, 7) is 3.14. The fourth-order valence-electron chi connectivity index (χ4n) is 4.71. The second-order valence-electron chi connectivity index (χ2n) is 9.27. The van der Waals surface area contributed by atoms with Crippen LogP contribution in [0.1, 0.15) is 26.7 Å². The third-order valence-corrected chi connectivity index (χ3v) is 6.33. The Labute approximate surface area is 185 Å². The predicted octanol–water partition coefficient (Wildman–Crippen LogP) is -3.49. The Kier molecular flexibility index (Phi) is 8.47. The molecule has 1 amide bonds. The summed E-state index contributed by atoms with van der Waals surface area (Å²) in [4.78, 5) is 13.9. The molecule has 0 aliphatic carbocycles. The van der Waals surface area contributed by atoms with Crippen LogP contribution in [0, 0.1) is 11.8 Å². The number of likely N-dealkylation sites (tertiary alicyclic amines) is 1. The van der Waals surface area contributed by atoms with Crippen LogP contribution in [0.3, 0.4) is 0 Å². The van der Waals surface area contributed by atoms with Crippen molar-refractivity contribution in [3.05, 3.63) is 0 Å². The first kappa shape index (κ1) is 25.7. The zero-order valence-electron chi connectivity index (χ0n) is 18.2. The van der Waals surface area contributed by atoms with Crippen molar-refractivity contribution in [3.63, 3.8) is 0 Å². The van der Waals surface area contributed by atoms with Crippen LogP contribution < -0.4 is 0 Å². The Morgan fingerprint density at radius 2 is 1.59 bits per heavy atom. The number of carbonyl (C=O) groups is 1. The number of aliphatic hydroxyl groups is 7. The molecular weight excluding hydrogens is 430 g/mol. The maximum atomic E-state index is 12.5. The highest BCUT2D eigenvalue weighted by Crippen LogP contribution is 2.33. The lowest BCUT2D eigenvalue weighted by Gasteiger charge is -2.47. The predicted molar refractivity (Wildman–Crippen MR) is 106 cm³/mol. The van der Waals surface area contributed by atoms with Gasteiger partial charge in [0.1, 0.15) is 48.8 Å². The standard InChI is InChI=1S/C20H35NO11/c1-8(2)3-9-4-12(24)21(5-9)19-16(28)15(27)18(11(7-23)30-19)32-20-17(29)14(26)13(25)10(6-22)31-20/h8-11,13-20,22-23,25-29H,3-7H2,1-2H3/t9-,10+,11+,13-,14-,15+,16+,17+,18+,19+,20-/m0/s1. The summed E-state index contributed by atoms with van der Waals surface area (Å²) in [5.74, 6) is 0.250. The molecule has 0 aromatic carbocycles. The van der Waals surface area contributed by atoms with E-state index < -0.39 is 74.6 Å². The first-order valence-electron chi connectivity index (χ1n) is 11.0. The molecule has 0 saturated carbocycles. The lowest BCUT2D eigenvalue weighted by Crippen LogP contribution is -2.66. The third kappa shape index (κ3) is 5.09. The number of nitrogens with zero attached hydrogens (tertiary/aromatic N) is 1. The van der Waals surface area contributed by atoms with Gasteiger partial charge >= 0.3 is 0 Å². The van der Waals surface area contributed by atoms with Crippen LogP contribution >= 0.6 is 0 Å². The van der Waals surface area contributed by atoms with Gasteiger partial charge in [0, 0.05) is 13.0 Å². The van der Waals surface area contributed by atoms with Gasteiger partial charge < -0.3 is 54.9 Å². The van der Waals surface area contributed by atoms with Crippen molar-refractivity contribution >= 4 is 5.91 Å². The van der Waals surface area contributed by atoms with Crippen LogP contribution in [0.2, 0.25) is 0 Å². The lowest BCUT2D eigenvalue weighted by atomic mass is 9.95. The van der Waals surface area contributed by atoms with Crippen molar-refractivity contribution in [2.24, 2.45) is 11.8 Å². The molecule has 3 aliphatic heterocycles. The van der Waals surface area contributed by atoms with Crippen LogP contribution in [0.15, 0.2) is 0 Å². The minimum atomic E-state index is -1.73. The Hall–Kier alpha value is -0.930. The summed E-state index contributed by atoms with van der Waals surface area (Å²) in [5, 5.41) is 70.5. The third-order valence-electron chi connectivity index (χ3n) is 6.33. The van der Waals surface area contributed by atoms with Crippen molar-refractivity contribution in [2.45, 2.75) is 88.0 Å². The van der Waals surface area contributed by atoms with Crippen molar-refractivity contribution in [1.82, 2.24) is 4.90 Å². The molecule has 0 radical (unpaired) electrons. The summed E-state index contributed by atoms with van der Waals surface area (Å²) in [6.07, 6.45) is -13.7. The maximum absolute atomic E-state index is 12.5. The van der Waals surface area contributed by atoms with Gasteiger partial charge in [0.05, 0.1) is 13.2 Å². The Balaban J connectivity index is 1.71. The molecular formula is C20H35NO11. The second kappa shape index (κ2) is 10.6. The molecule has 11 atom stereocenters. The number of hydrogen-bond acceptors (Lipinski definition) is 11. The zero-order valence-corrected chi connectivity index (χ0v) is 18.2. The molecule has 3 heterocycles. The van der Waals surface area contributed by atoms with Crippen LogP contribution in [0.25, 0.3) is 0 Å². The van der Waals surface area contributed by atoms with E-state index in [4.69, 9.17) is 14.2 Å². The summed E-state index contributed by atoms with van der Waals surface area (Å²) in [5.41, 5.74) is 0. The average molecular weight is 465 g/mol. The maximum Gasteiger partial charge on any atom is 0.225 e. The van der Waals surface area contributed by atoms with Gasteiger partial charge in [0.15, 0.2) is 12.5 Å². The molecule has 3 saturated heterocycles. The van der Waals surface area contributed by atoms with Gasteiger partial charge in [-0.1, -0.05) is 13.8 Å². The normalized spacial score (nSPS) is 45.6. The molecule has 3 rings (SSSR count). The van der Waals surface area contributed by atoms with E-state index >= 15 is 0 Å². The Morgan fingerprint density at radius 3 is 2.19 bits per heavy atom. The van der Waals surface area contributed by atoms with E-state index in [9.17, 15) is 40.5 Å². The van der Waals surface area contributed by atoms with Gasteiger partial charge in [0.2, 0.25) is 5.91 Å². The van der Waals surface area contributed by atoms with Gasteiger partial charge in [-0.15, -0.1) is 0 Å². The Morgan fingerprint density at radius 1 is 0.938 bits per heavy atom. The number of amides is 1. The lowest BCUT2D eigenvalue weighted by molar-refractivity contribution is -0.347. The van der Waals surface area contributed by atoms with Gasteiger partial charge in [-0.25, -0.2) is 0 Å². The van der Waals surface area contributed by atoms with E-state index in [2.05, 4.69) is 0 Å². The summed E-state index contributed by atoms with van der Waals surface area (Å²) in [6, 6.07) is 0. The van der Waals surface area contributed by atoms with E-state index in [0.717, 1.165) is 6.42 Å². The van der Waals surface area contributed by atoms with E-state index in [1.807, 2.05) is 13.8 Å². The quantitative estimate of drug-likeness (QED) is 0.198. The SMILES string of the molecule is CC(C)C[C@H]1CC(=O)N([C@@H]2O[C@H](CO)[C@@H](O[C@@H]3O[C@H](CO)[C@H](O)[C@H](O)[C@H]3O)[C@H](O)[C@H]2O)C1. The number of aliphatic hydroxyl groups excluding tert-OH is 7. The largest absolute Gasteiger partial charge is 0.394 e. The van der Waals surface area contributed by atoms with Gasteiger partial charge in [-0.3, -0.25) is 4.79 Å². The molecule has 0 unspecified atom stereocenters. The minimum Gasteiger partial charge on any atom is -0.394 e. The molecule has 3 fully saturated rings. The first-order chi connectivity index (χ1) is 15.1. The molecule has 0 aromatic rings. The van der Waals surface area contributed by atoms with Crippen LogP contribution in [0.5, 0.6) is 0 Å². The highest BCUT2D eigenvalue weighted by Gasteiger charge is 2.52. The number of rotatable bonds is 7. The highest BCUT2D eigenvalue weighted by atomic mass is 16.7. The number of ether oxygens (including phenoxy) is 3. The van der Waals surface area contributed by atoms with Gasteiger partial charge in [-0.2, -0.15) is 0 Å². The van der Waals surface area contributed by atoms with Crippen molar-refractivity contribution in [2.75, 3.05) is 19.8 Å². The molecule has 3 aliphatic rings. The summed E-state index contributed by atoms with van der Waals surface area (Å²) >= 11 is 0. The van der Waals surface area contributed by atoms with Crippen molar-refractivity contribution in [3.8, 4) is 0 Å². The van der Waals surface area contributed by atoms with Crippen LogP contribution in [0.4, 0.5) is 0 Å². The minimum absolute atomic E-state index is 0.0890. The van der Waals surface area contributed by atoms with Crippen LogP contribution in [-0.2, 0) is 19.0 Å². The smallest absolute Gasteiger partial charge is 0.225 e. The summed E-state index contributed by atoms with van der Waals surface area (Å²) in [7, 11) is 0. The zero-order chi connectivity index (χ0) is 23.7. The van der Waals surface area contributed by atoms with Gasteiger partial charge in [0.25, 0.3) is 0 Å².